The third-order valence-electron chi connectivity index (χ3n) is 4.59. The second-order valence-electron chi connectivity index (χ2n) is 6.28. The van der Waals surface area contributed by atoms with Gasteiger partial charge in [-0.15, -0.1) is 0 Å². The third-order valence-corrected chi connectivity index (χ3v) is 4.59. The van der Waals surface area contributed by atoms with E-state index in [1.165, 1.54) is 0 Å². The Hall–Kier alpha value is -2.27. The number of amides is 1. The summed E-state index contributed by atoms with van der Waals surface area (Å²) >= 11 is 0. The van der Waals surface area contributed by atoms with Gasteiger partial charge >= 0.3 is 0 Å². The average Bonchev–Trinajstić information content (AvgIpc) is 3.09. The molecule has 0 aliphatic carbocycles. The fourth-order valence-corrected chi connectivity index (χ4v) is 3.33. The van der Waals surface area contributed by atoms with Crippen molar-refractivity contribution in [1.82, 2.24) is 4.90 Å². The van der Waals surface area contributed by atoms with Crippen LogP contribution in [0.2, 0.25) is 0 Å². The van der Waals surface area contributed by atoms with Gasteiger partial charge in [-0.05, 0) is 61.9 Å². The van der Waals surface area contributed by atoms with E-state index < -0.39 is 0 Å². The molecule has 0 bridgehead atoms. The van der Waals surface area contributed by atoms with Crippen LogP contribution in [0.25, 0.3) is 0 Å². The van der Waals surface area contributed by atoms with Crippen LogP contribution in [0.5, 0.6) is 5.75 Å². The summed E-state index contributed by atoms with van der Waals surface area (Å²) in [7, 11) is 0. The first-order valence-electron chi connectivity index (χ1n) is 8.46. The molecule has 1 aromatic carbocycles. The Morgan fingerprint density at radius 3 is 2.88 bits per heavy atom. The molecule has 5 nitrogen and oxygen atoms in total. The second kappa shape index (κ2) is 7.53. The topological polar surface area (TPSA) is 73.9 Å². The number of carbonyl (C=O) groups is 1. The van der Waals surface area contributed by atoms with Gasteiger partial charge in [0, 0.05) is 12.6 Å². The Morgan fingerprint density at radius 2 is 2.12 bits per heavy atom. The minimum atomic E-state index is -0.200. The summed E-state index contributed by atoms with van der Waals surface area (Å²) in [6, 6.07) is 10.7. The van der Waals surface area contributed by atoms with Gasteiger partial charge in [0.25, 0.3) is 5.91 Å². The molecule has 3 rings (SSSR count). The number of aliphatic hydroxyl groups is 1. The predicted octanol–water partition coefficient (Wildman–Crippen LogP) is 3.11. The van der Waals surface area contributed by atoms with Crippen LogP contribution in [-0.2, 0) is 13.0 Å². The van der Waals surface area contributed by atoms with E-state index in [0.29, 0.717) is 11.5 Å². The fraction of sp³-hybridized carbons (Fsp3) is 0.421. The second-order valence-corrected chi connectivity index (χ2v) is 6.28. The van der Waals surface area contributed by atoms with Crippen molar-refractivity contribution < 1.29 is 19.4 Å². The van der Waals surface area contributed by atoms with Crippen molar-refractivity contribution in [1.29, 1.82) is 0 Å². The van der Waals surface area contributed by atoms with Crippen molar-refractivity contribution in [3.8, 4) is 5.75 Å². The summed E-state index contributed by atoms with van der Waals surface area (Å²) in [6.45, 7) is 0.535. The first kappa shape index (κ1) is 16.6. The van der Waals surface area contributed by atoms with Crippen LogP contribution < -0.4 is 0 Å². The Kier molecular flexibility index (Phi) is 5.20. The molecule has 2 aromatic rings. The van der Waals surface area contributed by atoms with Gasteiger partial charge < -0.3 is 19.5 Å². The maximum atomic E-state index is 12.7. The Bertz CT molecular complexity index is 694. The SMILES string of the molecule is O=C(c1ccc(CO)o1)N1CCCC[C@@H]1CCc1cccc(O)c1. The molecule has 0 spiro atoms. The van der Waals surface area contributed by atoms with E-state index in [-0.39, 0.29) is 24.3 Å². The average molecular weight is 329 g/mol. The molecule has 24 heavy (non-hydrogen) atoms. The fourth-order valence-electron chi connectivity index (χ4n) is 3.33. The van der Waals surface area contributed by atoms with E-state index in [2.05, 4.69) is 0 Å². The smallest absolute Gasteiger partial charge is 0.289 e. The number of likely N-dealkylation sites (tertiary alicyclic amines) is 1. The molecule has 1 aliphatic heterocycles. The highest BCUT2D eigenvalue weighted by Gasteiger charge is 2.28. The van der Waals surface area contributed by atoms with Gasteiger partial charge in [0.1, 0.15) is 18.1 Å². The normalized spacial score (nSPS) is 17.9. The molecule has 0 saturated carbocycles. The lowest BCUT2D eigenvalue weighted by atomic mass is 9.95. The van der Waals surface area contributed by atoms with E-state index in [4.69, 9.17) is 9.52 Å². The van der Waals surface area contributed by atoms with E-state index in [1.807, 2.05) is 17.0 Å². The van der Waals surface area contributed by atoms with Crippen LogP contribution in [-0.4, -0.2) is 33.6 Å². The van der Waals surface area contributed by atoms with Gasteiger partial charge in [-0.25, -0.2) is 0 Å². The summed E-state index contributed by atoms with van der Waals surface area (Å²) in [4.78, 5) is 14.6. The van der Waals surface area contributed by atoms with E-state index in [9.17, 15) is 9.90 Å². The molecule has 2 heterocycles. The summed E-state index contributed by atoms with van der Waals surface area (Å²) in [5, 5.41) is 18.7. The third kappa shape index (κ3) is 3.79. The maximum Gasteiger partial charge on any atom is 0.289 e. The molecule has 1 aliphatic rings. The number of aromatic hydroxyl groups is 1. The van der Waals surface area contributed by atoms with E-state index in [0.717, 1.165) is 44.2 Å². The minimum Gasteiger partial charge on any atom is -0.508 e. The standard InChI is InChI=1S/C19H23NO4/c21-13-17-9-10-18(24-17)19(23)20-11-2-1-5-15(20)8-7-14-4-3-6-16(22)12-14/h3-4,6,9-10,12,15,21-22H,1-2,5,7-8,11,13H2/t15-/m1/s1. The number of hydrogen-bond donors (Lipinski definition) is 2. The van der Waals surface area contributed by atoms with Crippen molar-refractivity contribution in [2.24, 2.45) is 0 Å². The quantitative estimate of drug-likeness (QED) is 0.884. The lowest BCUT2D eigenvalue weighted by Gasteiger charge is -2.35. The van der Waals surface area contributed by atoms with Gasteiger partial charge in [-0.3, -0.25) is 4.79 Å². The molecular weight excluding hydrogens is 306 g/mol. The van der Waals surface area contributed by atoms with Crippen molar-refractivity contribution in [3.63, 3.8) is 0 Å². The number of piperidine rings is 1. The first-order valence-corrected chi connectivity index (χ1v) is 8.46. The predicted molar refractivity (Wildman–Crippen MR) is 89.7 cm³/mol. The zero-order valence-corrected chi connectivity index (χ0v) is 13.6. The molecule has 2 N–H and O–H groups in total. The molecule has 1 amide bonds. The van der Waals surface area contributed by atoms with Crippen LogP contribution in [0.4, 0.5) is 0 Å². The molecule has 1 atom stereocenters. The van der Waals surface area contributed by atoms with E-state index >= 15 is 0 Å². The van der Waals surface area contributed by atoms with Crippen LogP contribution in [0.3, 0.4) is 0 Å². The van der Waals surface area contributed by atoms with Gasteiger partial charge in [0.05, 0.1) is 0 Å². The van der Waals surface area contributed by atoms with Crippen LogP contribution in [0, 0.1) is 0 Å². The van der Waals surface area contributed by atoms with Crippen LogP contribution >= 0.6 is 0 Å². The molecule has 0 unspecified atom stereocenters. The highest BCUT2D eigenvalue weighted by molar-refractivity contribution is 5.91. The summed E-state index contributed by atoms with van der Waals surface area (Å²) in [5.41, 5.74) is 1.08. The summed E-state index contributed by atoms with van der Waals surface area (Å²) < 4.78 is 5.40. The molecular formula is C19H23NO4. The number of benzene rings is 1. The number of carbonyl (C=O) groups excluding carboxylic acids is 1. The van der Waals surface area contributed by atoms with Gasteiger partial charge in [0.2, 0.25) is 0 Å². The Morgan fingerprint density at radius 1 is 1.25 bits per heavy atom. The molecule has 0 radical (unpaired) electrons. The molecule has 1 fully saturated rings. The van der Waals surface area contributed by atoms with Gasteiger partial charge in [-0.2, -0.15) is 0 Å². The summed E-state index contributed by atoms with van der Waals surface area (Å²) in [6.07, 6.45) is 4.79. The zero-order chi connectivity index (χ0) is 16.9. The number of phenols is 1. The Balaban J connectivity index is 1.67. The molecule has 128 valence electrons. The monoisotopic (exact) mass is 329 g/mol. The highest BCUT2D eigenvalue weighted by atomic mass is 16.4. The van der Waals surface area contributed by atoms with Crippen molar-refractivity contribution in [2.75, 3.05) is 6.54 Å². The first-order chi connectivity index (χ1) is 11.7. The number of aryl methyl sites for hydroxylation is 1. The van der Waals surface area contributed by atoms with Crippen molar-refractivity contribution in [3.05, 3.63) is 53.5 Å². The molecule has 1 aromatic heterocycles. The number of phenolic OH excluding ortho intramolecular Hbond substituents is 1. The lowest BCUT2D eigenvalue weighted by Crippen LogP contribution is -2.43. The number of aliphatic hydroxyl groups excluding tert-OH is 1. The molecule has 5 heteroatoms. The van der Waals surface area contributed by atoms with E-state index in [1.54, 1.807) is 24.3 Å². The summed E-state index contributed by atoms with van der Waals surface area (Å²) in [5.74, 6) is 0.876. The highest BCUT2D eigenvalue weighted by Crippen LogP contribution is 2.24. The maximum absolute atomic E-state index is 12.7. The van der Waals surface area contributed by atoms with Crippen LogP contribution in [0.1, 0.15) is 47.6 Å². The van der Waals surface area contributed by atoms with Gasteiger partial charge in [-0.1, -0.05) is 12.1 Å². The van der Waals surface area contributed by atoms with Gasteiger partial charge in [0.15, 0.2) is 5.76 Å². The van der Waals surface area contributed by atoms with Crippen molar-refractivity contribution >= 4 is 5.91 Å². The number of furan rings is 1. The zero-order valence-electron chi connectivity index (χ0n) is 13.6. The number of nitrogens with zero attached hydrogens (tertiary/aromatic N) is 1. The minimum absolute atomic E-state index is 0.102. The number of hydrogen-bond acceptors (Lipinski definition) is 4. The largest absolute Gasteiger partial charge is 0.508 e. The molecule has 1 saturated heterocycles. The van der Waals surface area contributed by atoms with Crippen molar-refractivity contribution in [2.45, 2.75) is 44.8 Å². The lowest BCUT2D eigenvalue weighted by molar-refractivity contribution is 0.0565. The van der Waals surface area contributed by atoms with Crippen LogP contribution in [0.15, 0.2) is 40.8 Å². The Labute approximate surface area is 141 Å². The number of rotatable bonds is 5.